The molecular weight excluding hydrogens is 191 g/mol. The smallest absolute Gasteiger partial charge is 0.146 e. The minimum Gasteiger partial charge on any atom is -0.364 e. The number of nitrogens with zero attached hydrogens (tertiary/aromatic N) is 1. The van der Waals surface area contributed by atoms with Crippen LogP contribution in [0.25, 0.3) is 0 Å². The summed E-state index contributed by atoms with van der Waals surface area (Å²) in [4.78, 5) is 2.14. The SMILES string of the molecule is C[C@H]1CN(c2ccccc2F)[C@@H](C)CN1. The maximum atomic E-state index is 13.6. The minimum atomic E-state index is -0.126. The molecule has 2 atom stereocenters. The molecule has 1 aromatic carbocycles. The van der Waals surface area contributed by atoms with Crippen molar-refractivity contribution in [3.8, 4) is 0 Å². The summed E-state index contributed by atoms with van der Waals surface area (Å²) < 4.78 is 13.6. The molecule has 2 rings (SSSR count). The summed E-state index contributed by atoms with van der Waals surface area (Å²) in [6.07, 6.45) is 0. The molecule has 0 saturated carbocycles. The summed E-state index contributed by atoms with van der Waals surface area (Å²) in [5, 5.41) is 3.39. The Balaban J connectivity index is 2.25. The summed E-state index contributed by atoms with van der Waals surface area (Å²) in [5.74, 6) is -0.126. The van der Waals surface area contributed by atoms with Gasteiger partial charge in [-0.2, -0.15) is 0 Å². The van der Waals surface area contributed by atoms with Crippen LogP contribution in [-0.2, 0) is 0 Å². The predicted molar refractivity (Wildman–Crippen MR) is 60.7 cm³/mol. The van der Waals surface area contributed by atoms with E-state index in [2.05, 4.69) is 24.1 Å². The number of hydrogen-bond acceptors (Lipinski definition) is 2. The number of halogens is 1. The number of para-hydroxylation sites is 1. The molecule has 1 aliphatic rings. The van der Waals surface area contributed by atoms with E-state index in [1.807, 2.05) is 12.1 Å². The highest BCUT2D eigenvalue weighted by Crippen LogP contribution is 2.22. The number of piperazine rings is 1. The van der Waals surface area contributed by atoms with E-state index in [0.717, 1.165) is 18.8 Å². The summed E-state index contributed by atoms with van der Waals surface area (Å²) in [6.45, 7) is 6.02. The van der Waals surface area contributed by atoms with Crippen LogP contribution < -0.4 is 10.2 Å². The minimum absolute atomic E-state index is 0.126. The lowest BCUT2D eigenvalue weighted by Crippen LogP contribution is -2.54. The van der Waals surface area contributed by atoms with Gasteiger partial charge in [-0.3, -0.25) is 0 Å². The average Bonchev–Trinajstić information content (AvgIpc) is 2.23. The Morgan fingerprint density at radius 2 is 2.07 bits per heavy atom. The van der Waals surface area contributed by atoms with Gasteiger partial charge in [-0.25, -0.2) is 4.39 Å². The van der Waals surface area contributed by atoms with Crippen LogP contribution in [0.3, 0.4) is 0 Å². The lowest BCUT2D eigenvalue weighted by atomic mass is 10.1. The largest absolute Gasteiger partial charge is 0.364 e. The van der Waals surface area contributed by atoms with Crippen molar-refractivity contribution in [2.24, 2.45) is 0 Å². The Morgan fingerprint density at radius 3 is 2.80 bits per heavy atom. The van der Waals surface area contributed by atoms with Crippen LogP contribution in [0.2, 0.25) is 0 Å². The molecule has 0 aromatic heterocycles. The summed E-state index contributed by atoms with van der Waals surface area (Å²) in [7, 11) is 0. The molecule has 0 spiro atoms. The van der Waals surface area contributed by atoms with Crippen molar-refractivity contribution in [1.29, 1.82) is 0 Å². The highest BCUT2D eigenvalue weighted by molar-refractivity contribution is 5.49. The molecule has 1 fully saturated rings. The van der Waals surface area contributed by atoms with Gasteiger partial charge < -0.3 is 10.2 Å². The van der Waals surface area contributed by atoms with Gasteiger partial charge in [-0.1, -0.05) is 12.1 Å². The summed E-state index contributed by atoms with van der Waals surface area (Å²) in [6, 6.07) is 7.75. The van der Waals surface area contributed by atoms with Crippen molar-refractivity contribution in [3.63, 3.8) is 0 Å². The molecule has 1 aliphatic heterocycles. The second-order valence-electron chi connectivity index (χ2n) is 4.26. The highest BCUT2D eigenvalue weighted by Gasteiger charge is 2.23. The fraction of sp³-hybridized carbons (Fsp3) is 0.500. The molecule has 15 heavy (non-hydrogen) atoms. The summed E-state index contributed by atoms with van der Waals surface area (Å²) in [5.41, 5.74) is 0.721. The first-order valence-corrected chi connectivity index (χ1v) is 5.43. The molecule has 0 unspecified atom stereocenters. The van der Waals surface area contributed by atoms with Crippen LogP contribution in [0.4, 0.5) is 10.1 Å². The Morgan fingerprint density at radius 1 is 1.33 bits per heavy atom. The fourth-order valence-corrected chi connectivity index (χ4v) is 2.04. The fourth-order valence-electron chi connectivity index (χ4n) is 2.04. The first kappa shape index (κ1) is 10.4. The van der Waals surface area contributed by atoms with Crippen molar-refractivity contribution >= 4 is 5.69 Å². The van der Waals surface area contributed by atoms with Crippen LogP contribution in [0.1, 0.15) is 13.8 Å². The quantitative estimate of drug-likeness (QED) is 0.759. The third kappa shape index (κ3) is 2.12. The van der Waals surface area contributed by atoms with Crippen LogP contribution in [0.15, 0.2) is 24.3 Å². The average molecular weight is 208 g/mol. The second-order valence-corrected chi connectivity index (χ2v) is 4.26. The molecule has 1 saturated heterocycles. The Hall–Kier alpha value is -1.09. The molecule has 82 valence electrons. The van der Waals surface area contributed by atoms with Crippen LogP contribution in [0, 0.1) is 5.82 Å². The Labute approximate surface area is 90.1 Å². The van der Waals surface area contributed by atoms with Gasteiger partial charge in [-0.05, 0) is 26.0 Å². The highest BCUT2D eigenvalue weighted by atomic mass is 19.1. The van der Waals surface area contributed by atoms with E-state index >= 15 is 0 Å². The first-order valence-electron chi connectivity index (χ1n) is 5.43. The second kappa shape index (κ2) is 4.19. The van der Waals surface area contributed by atoms with Gasteiger partial charge in [-0.15, -0.1) is 0 Å². The molecule has 0 aliphatic carbocycles. The summed E-state index contributed by atoms with van der Waals surface area (Å²) >= 11 is 0. The molecular formula is C12H17FN2. The van der Waals surface area contributed by atoms with E-state index < -0.39 is 0 Å². The van der Waals surface area contributed by atoms with Gasteiger partial charge in [0.15, 0.2) is 0 Å². The Kier molecular flexibility index (Phi) is 2.91. The normalized spacial score (nSPS) is 26.7. The van der Waals surface area contributed by atoms with Crippen LogP contribution in [0.5, 0.6) is 0 Å². The number of rotatable bonds is 1. The molecule has 1 aromatic rings. The van der Waals surface area contributed by atoms with Gasteiger partial charge in [0.05, 0.1) is 5.69 Å². The van der Waals surface area contributed by atoms with E-state index in [1.54, 1.807) is 6.07 Å². The zero-order chi connectivity index (χ0) is 10.8. The number of hydrogen-bond donors (Lipinski definition) is 1. The van der Waals surface area contributed by atoms with Crippen molar-refractivity contribution in [2.75, 3.05) is 18.0 Å². The maximum Gasteiger partial charge on any atom is 0.146 e. The standard InChI is InChI=1S/C12H17FN2/c1-9-8-15(10(2)7-14-9)12-6-4-3-5-11(12)13/h3-6,9-10,14H,7-8H2,1-2H3/t9-,10-/m0/s1. The zero-order valence-electron chi connectivity index (χ0n) is 9.20. The number of nitrogens with one attached hydrogen (secondary N) is 1. The number of benzene rings is 1. The van der Waals surface area contributed by atoms with Crippen molar-refractivity contribution in [1.82, 2.24) is 5.32 Å². The van der Waals surface area contributed by atoms with Crippen molar-refractivity contribution < 1.29 is 4.39 Å². The molecule has 0 radical (unpaired) electrons. The topological polar surface area (TPSA) is 15.3 Å². The van der Waals surface area contributed by atoms with E-state index in [0.29, 0.717) is 12.1 Å². The van der Waals surface area contributed by atoms with Gasteiger partial charge in [0.1, 0.15) is 5.82 Å². The zero-order valence-corrected chi connectivity index (χ0v) is 9.20. The lowest BCUT2D eigenvalue weighted by molar-refractivity contribution is 0.420. The predicted octanol–water partition coefficient (Wildman–Crippen LogP) is 2.01. The molecule has 3 heteroatoms. The van der Waals surface area contributed by atoms with E-state index in [1.165, 1.54) is 6.07 Å². The molecule has 2 nitrogen and oxygen atoms in total. The number of anilines is 1. The van der Waals surface area contributed by atoms with Gasteiger partial charge >= 0.3 is 0 Å². The van der Waals surface area contributed by atoms with E-state index in [-0.39, 0.29) is 5.82 Å². The Bertz CT molecular complexity index is 340. The van der Waals surface area contributed by atoms with E-state index in [4.69, 9.17) is 0 Å². The van der Waals surface area contributed by atoms with Gasteiger partial charge in [0.2, 0.25) is 0 Å². The van der Waals surface area contributed by atoms with Crippen molar-refractivity contribution in [2.45, 2.75) is 25.9 Å². The van der Waals surface area contributed by atoms with Crippen molar-refractivity contribution in [3.05, 3.63) is 30.1 Å². The monoisotopic (exact) mass is 208 g/mol. The third-order valence-electron chi connectivity index (χ3n) is 2.93. The molecule has 1 heterocycles. The van der Waals surface area contributed by atoms with Crippen LogP contribution >= 0.6 is 0 Å². The van der Waals surface area contributed by atoms with Gasteiger partial charge in [0.25, 0.3) is 0 Å². The maximum absolute atomic E-state index is 13.6. The van der Waals surface area contributed by atoms with E-state index in [9.17, 15) is 4.39 Å². The lowest BCUT2D eigenvalue weighted by Gasteiger charge is -2.39. The third-order valence-corrected chi connectivity index (χ3v) is 2.93. The molecule has 0 bridgehead atoms. The van der Waals surface area contributed by atoms with Gasteiger partial charge in [0, 0.05) is 25.2 Å². The molecule has 1 N–H and O–H groups in total. The first-order chi connectivity index (χ1) is 7.18. The molecule has 0 amide bonds. The van der Waals surface area contributed by atoms with Crippen LogP contribution in [-0.4, -0.2) is 25.2 Å².